The van der Waals surface area contributed by atoms with Crippen LogP contribution in [0.2, 0.25) is 0 Å². The number of amides is 1. The van der Waals surface area contributed by atoms with Gasteiger partial charge >= 0.3 is 0 Å². The first kappa shape index (κ1) is 27.6. The Bertz CT molecular complexity index is 1370. The number of hydrogen-bond donors (Lipinski definition) is 2. The number of nitrogens with two attached hydrogens (primary N) is 1. The molecule has 0 bridgehead atoms. The smallest absolute Gasteiger partial charge is 0.262 e. The van der Waals surface area contributed by atoms with Crippen molar-refractivity contribution in [3.63, 3.8) is 0 Å². The predicted octanol–water partition coefficient (Wildman–Crippen LogP) is 5.37. The molecule has 214 valence electrons. The summed E-state index contributed by atoms with van der Waals surface area (Å²) in [4.78, 5) is 34.1. The Hall–Kier alpha value is -2.55. The molecule has 3 fully saturated rings. The Morgan fingerprint density at radius 3 is 2.60 bits per heavy atom. The van der Waals surface area contributed by atoms with E-state index in [1.54, 1.807) is 27.1 Å². The van der Waals surface area contributed by atoms with Crippen LogP contribution in [0.25, 0.3) is 10.9 Å². The summed E-state index contributed by atoms with van der Waals surface area (Å²) in [6.45, 7) is 1.10. The number of benzene rings is 1. The summed E-state index contributed by atoms with van der Waals surface area (Å²) >= 11 is 1.69. The summed E-state index contributed by atoms with van der Waals surface area (Å²) in [5.74, 6) is 2.25. The molecule has 0 radical (unpaired) electrons. The third-order valence-electron chi connectivity index (χ3n) is 9.80. The van der Waals surface area contributed by atoms with Crippen molar-refractivity contribution in [3.05, 3.63) is 62.8 Å². The Kier molecular flexibility index (Phi) is 8.11. The molecular weight excluding hydrogens is 520 g/mol. The molecule has 8 heteroatoms. The zero-order valence-corrected chi connectivity index (χ0v) is 24.2. The predicted molar refractivity (Wildman–Crippen MR) is 159 cm³/mol. The lowest BCUT2D eigenvalue weighted by Crippen LogP contribution is -2.50. The van der Waals surface area contributed by atoms with Crippen LogP contribution in [0.4, 0.5) is 0 Å². The molecule has 6 rings (SSSR count). The van der Waals surface area contributed by atoms with Crippen molar-refractivity contribution in [2.24, 2.45) is 17.6 Å². The Morgan fingerprint density at radius 2 is 1.85 bits per heavy atom. The number of aliphatic hydroxyl groups is 1. The summed E-state index contributed by atoms with van der Waals surface area (Å²) in [5, 5.41) is 14.0. The molecule has 1 aliphatic heterocycles. The zero-order chi connectivity index (χ0) is 27.7. The van der Waals surface area contributed by atoms with Gasteiger partial charge in [0.05, 0.1) is 29.4 Å². The van der Waals surface area contributed by atoms with E-state index in [-0.39, 0.29) is 30.5 Å². The molecule has 40 heavy (non-hydrogen) atoms. The van der Waals surface area contributed by atoms with Crippen molar-refractivity contribution in [2.45, 2.75) is 94.7 Å². The van der Waals surface area contributed by atoms with Crippen molar-refractivity contribution >= 4 is 28.1 Å². The first-order valence-electron chi connectivity index (χ1n) is 15.2. The van der Waals surface area contributed by atoms with Gasteiger partial charge in [0.2, 0.25) is 5.91 Å². The summed E-state index contributed by atoms with van der Waals surface area (Å²) in [5.41, 5.74) is 6.94. The van der Waals surface area contributed by atoms with E-state index in [4.69, 9.17) is 10.7 Å². The van der Waals surface area contributed by atoms with Crippen molar-refractivity contribution in [1.82, 2.24) is 14.5 Å². The lowest BCUT2D eigenvalue weighted by atomic mass is 9.90. The number of rotatable bonds is 8. The summed E-state index contributed by atoms with van der Waals surface area (Å²) in [6, 6.07) is 9.31. The van der Waals surface area contributed by atoms with Crippen molar-refractivity contribution in [1.29, 1.82) is 0 Å². The highest BCUT2D eigenvalue weighted by molar-refractivity contribution is 7.11. The molecule has 3 heterocycles. The van der Waals surface area contributed by atoms with Gasteiger partial charge in [0.15, 0.2) is 0 Å². The van der Waals surface area contributed by atoms with Crippen LogP contribution in [0.1, 0.15) is 93.0 Å². The topological polar surface area (TPSA) is 101 Å². The molecule has 2 unspecified atom stereocenters. The fourth-order valence-corrected chi connectivity index (χ4v) is 8.55. The van der Waals surface area contributed by atoms with E-state index in [2.05, 4.69) is 0 Å². The van der Waals surface area contributed by atoms with Gasteiger partial charge in [0.1, 0.15) is 0 Å². The average molecular weight is 563 g/mol. The third-order valence-corrected chi connectivity index (χ3v) is 10.9. The van der Waals surface area contributed by atoms with Gasteiger partial charge in [-0.1, -0.05) is 56.0 Å². The van der Waals surface area contributed by atoms with E-state index in [0.717, 1.165) is 22.9 Å². The molecule has 1 aromatic carbocycles. The third kappa shape index (κ3) is 5.90. The highest BCUT2D eigenvalue weighted by Gasteiger charge is 2.36. The fourth-order valence-electron chi connectivity index (χ4n) is 7.42. The highest BCUT2D eigenvalue weighted by Crippen LogP contribution is 2.46. The van der Waals surface area contributed by atoms with Gasteiger partial charge in [0, 0.05) is 35.8 Å². The maximum absolute atomic E-state index is 13.4. The van der Waals surface area contributed by atoms with Crippen LogP contribution in [-0.2, 0) is 11.3 Å². The lowest BCUT2D eigenvalue weighted by molar-refractivity contribution is -0.136. The number of aromatic nitrogens is 2. The first-order valence-corrected chi connectivity index (χ1v) is 16.0. The summed E-state index contributed by atoms with van der Waals surface area (Å²) in [6.07, 6.45) is 13.4. The normalized spacial score (nSPS) is 24.1. The van der Waals surface area contributed by atoms with Crippen LogP contribution < -0.4 is 11.3 Å². The van der Waals surface area contributed by atoms with E-state index in [1.807, 2.05) is 35.7 Å². The monoisotopic (exact) mass is 562 g/mol. The summed E-state index contributed by atoms with van der Waals surface area (Å²) < 4.78 is 1.57. The van der Waals surface area contributed by atoms with Gasteiger partial charge in [-0.2, -0.15) is 0 Å². The van der Waals surface area contributed by atoms with E-state index >= 15 is 0 Å². The molecule has 7 nitrogen and oxygen atoms in total. The number of nitrogens with zero attached hydrogens (tertiary/aromatic N) is 3. The number of fused-ring (bicyclic) bond motifs is 1. The number of thiophene rings is 1. The molecule has 2 saturated carbocycles. The van der Waals surface area contributed by atoms with E-state index in [0.29, 0.717) is 37.2 Å². The van der Waals surface area contributed by atoms with Crippen LogP contribution in [0.3, 0.4) is 0 Å². The molecule has 1 saturated heterocycles. The van der Waals surface area contributed by atoms with Gasteiger partial charge < -0.3 is 15.7 Å². The molecule has 2 aromatic heterocycles. The van der Waals surface area contributed by atoms with Gasteiger partial charge in [-0.3, -0.25) is 14.2 Å². The Balaban J connectivity index is 1.06. The van der Waals surface area contributed by atoms with Crippen LogP contribution >= 0.6 is 11.3 Å². The quantitative estimate of drug-likeness (QED) is 0.385. The molecule has 3 atom stereocenters. The minimum absolute atomic E-state index is 0.00172. The molecule has 3 aliphatic rings. The Morgan fingerprint density at radius 1 is 1.10 bits per heavy atom. The van der Waals surface area contributed by atoms with Gasteiger partial charge in [0.25, 0.3) is 5.56 Å². The molecule has 1 amide bonds. The van der Waals surface area contributed by atoms with Gasteiger partial charge in [-0.25, -0.2) is 4.98 Å². The van der Waals surface area contributed by atoms with Crippen molar-refractivity contribution in [3.8, 4) is 0 Å². The van der Waals surface area contributed by atoms with E-state index in [9.17, 15) is 14.7 Å². The molecule has 3 aromatic rings. The maximum atomic E-state index is 13.4. The standard InChI is InChI=1S/C32H42N4O3S/c33-27(24-8-2-1-3-9-24)18-28(37)35-14-12-32(39,13-15-35)20-36-21-34-29-26(31(36)38)19-40-30(29)25-11-10-23(17-25)16-22-6-4-5-7-22/h1-3,8-9,19,21-23,25,27,39H,4-7,10-18,20,33H2/t23?,25?,27-/m1/s1. The van der Waals surface area contributed by atoms with Gasteiger partial charge in [-0.05, 0) is 61.8 Å². The van der Waals surface area contributed by atoms with E-state index < -0.39 is 5.60 Å². The molecular formula is C32H42N4O3S. The largest absolute Gasteiger partial charge is 0.388 e. The minimum atomic E-state index is -1.05. The number of carbonyl (C=O) groups is 1. The summed E-state index contributed by atoms with van der Waals surface area (Å²) in [7, 11) is 0. The van der Waals surface area contributed by atoms with Crippen LogP contribution in [0.15, 0.2) is 46.8 Å². The number of likely N-dealkylation sites (tertiary alicyclic amines) is 1. The van der Waals surface area contributed by atoms with Crippen LogP contribution in [0, 0.1) is 11.8 Å². The SMILES string of the molecule is N[C@H](CC(=O)N1CCC(O)(Cn2cnc3c(C4CCC(CC5CCCC5)C4)scc3c2=O)CC1)c1ccccc1. The second-order valence-corrected chi connectivity index (χ2v) is 13.5. The van der Waals surface area contributed by atoms with Crippen molar-refractivity contribution < 1.29 is 9.90 Å². The van der Waals surface area contributed by atoms with Crippen LogP contribution in [-0.4, -0.2) is 44.2 Å². The minimum Gasteiger partial charge on any atom is -0.388 e. The van der Waals surface area contributed by atoms with Crippen LogP contribution in [0.5, 0.6) is 0 Å². The molecule has 2 aliphatic carbocycles. The van der Waals surface area contributed by atoms with Crippen molar-refractivity contribution in [2.75, 3.05) is 13.1 Å². The number of carbonyl (C=O) groups excluding carboxylic acids is 1. The Labute approximate surface area is 240 Å². The second-order valence-electron chi connectivity index (χ2n) is 12.6. The van der Waals surface area contributed by atoms with Gasteiger partial charge in [-0.15, -0.1) is 11.3 Å². The fraction of sp³-hybridized carbons (Fsp3) is 0.594. The molecule has 3 N–H and O–H groups in total. The average Bonchev–Trinajstić information content (AvgIpc) is 3.73. The maximum Gasteiger partial charge on any atom is 0.262 e. The number of hydrogen-bond acceptors (Lipinski definition) is 6. The zero-order valence-electron chi connectivity index (χ0n) is 23.3. The second kappa shape index (κ2) is 11.7. The number of piperidine rings is 1. The van der Waals surface area contributed by atoms with E-state index in [1.165, 1.54) is 56.2 Å². The highest BCUT2D eigenvalue weighted by atomic mass is 32.1. The lowest BCUT2D eigenvalue weighted by Gasteiger charge is -2.38. The molecule has 0 spiro atoms. The first-order chi connectivity index (χ1) is 19.4.